The van der Waals surface area contributed by atoms with Gasteiger partial charge in [-0.05, 0) is 25.2 Å². The minimum Gasteiger partial charge on any atom is -0.465 e. The van der Waals surface area contributed by atoms with Crippen LogP contribution in [0.25, 0.3) is 0 Å². The van der Waals surface area contributed by atoms with Crippen molar-refractivity contribution in [1.82, 2.24) is 4.90 Å². The van der Waals surface area contributed by atoms with Gasteiger partial charge in [-0.1, -0.05) is 13.8 Å². The van der Waals surface area contributed by atoms with Crippen molar-refractivity contribution < 1.29 is 14.3 Å². The van der Waals surface area contributed by atoms with Gasteiger partial charge in [-0.25, -0.2) is 0 Å². The Hall–Kier alpha value is -0.750. The van der Waals surface area contributed by atoms with E-state index in [1.165, 1.54) is 18.2 Å². The lowest BCUT2D eigenvalue weighted by Crippen LogP contribution is -2.43. The van der Waals surface area contributed by atoms with Gasteiger partial charge in [0.15, 0.2) is 0 Å². The van der Waals surface area contributed by atoms with Crippen LogP contribution >= 0.6 is 11.8 Å². The van der Waals surface area contributed by atoms with E-state index < -0.39 is 12.0 Å². The Morgan fingerprint density at radius 1 is 1.35 bits per heavy atom. The summed E-state index contributed by atoms with van der Waals surface area (Å²) in [4.78, 5) is 25.4. The normalized spacial score (nSPS) is 24.3. The number of amides is 1. The van der Waals surface area contributed by atoms with Crippen molar-refractivity contribution in [2.45, 2.75) is 33.2 Å². The lowest BCUT2D eigenvalue weighted by atomic mass is 9.92. The third-order valence-electron chi connectivity index (χ3n) is 3.33. The Morgan fingerprint density at radius 2 is 1.95 bits per heavy atom. The zero-order valence-corrected chi connectivity index (χ0v) is 13.4. The molecular formula is C14H26N2O3S. The first-order valence-electron chi connectivity index (χ1n) is 7.21. The molecule has 0 saturated carbocycles. The number of esters is 1. The summed E-state index contributed by atoms with van der Waals surface area (Å²) in [6.07, 6.45) is 1.19. The molecule has 1 rings (SSSR count). The molecule has 116 valence electrons. The van der Waals surface area contributed by atoms with Crippen LogP contribution in [0.1, 0.15) is 27.2 Å². The number of carbonyl (C=O) groups excluding carboxylic acids is 2. The lowest BCUT2D eigenvalue weighted by molar-refractivity contribution is -0.144. The Bertz CT molecular complexity index is 328. The van der Waals surface area contributed by atoms with Crippen LogP contribution in [-0.2, 0) is 14.3 Å². The number of carbonyl (C=O) groups is 2. The second kappa shape index (κ2) is 8.52. The van der Waals surface area contributed by atoms with Gasteiger partial charge in [-0.15, -0.1) is 11.8 Å². The lowest BCUT2D eigenvalue weighted by Gasteiger charge is -2.35. The first-order chi connectivity index (χ1) is 9.43. The van der Waals surface area contributed by atoms with Gasteiger partial charge >= 0.3 is 5.97 Å². The minimum absolute atomic E-state index is 0.143. The highest BCUT2D eigenvalue weighted by Crippen LogP contribution is 2.21. The SMILES string of the molecule is CCOC(=O)C(N)CSCC(=O)N1CC(C)CC(C)C1. The van der Waals surface area contributed by atoms with Crippen LogP contribution in [0.4, 0.5) is 0 Å². The summed E-state index contributed by atoms with van der Waals surface area (Å²) in [5, 5.41) is 0. The standard InChI is InChI=1S/C14H26N2O3S/c1-4-19-14(18)12(15)8-20-9-13(17)16-6-10(2)5-11(3)7-16/h10-12H,4-9,15H2,1-3H3. The predicted octanol–water partition coefficient (Wildman–Crippen LogP) is 1.11. The number of thioether (sulfide) groups is 1. The zero-order chi connectivity index (χ0) is 15.1. The summed E-state index contributed by atoms with van der Waals surface area (Å²) in [7, 11) is 0. The van der Waals surface area contributed by atoms with Crippen LogP contribution in [0.2, 0.25) is 0 Å². The average molecular weight is 302 g/mol. The van der Waals surface area contributed by atoms with Crippen molar-refractivity contribution in [3.63, 3.8) is 0 Å². The maximum atomic E-state index is 12.1. The van der Waals surface area contributed by atoms with Gasteiger partial charge in [0.1, 0.15) is 6.04 Å². The molecule has 1 saturated heterocycles. The fraction of sp³-hybridized carbons (Fsp3) is 0.857. The molecule has 1 heterocycles. The molecule has 5 nitrogen and oxygen atoms in total. The van der Waals surface area contributed by atoms with E-state index in [0.29, 0.717) is 29.9 Å². The number of rotatable bonds is 6. The first kappa shape index (κ1) is 17.3. The van der Waals surface area contributed by atoms with Crippen LogP contribution in [-0.4, -0.2) is 54.0 Å². The van der Waals surface area contributed by atoms with Crippen molar-refractivity contribution in [3.05, 3.63) is 0 Å². The molecule has 1 aliphatic rings. The van der Waals surface area contributed by atoms with Gasteiger partial charge in [0.2, 0.25) is 5.91 Å². The fourth-order valence-electron chi connectivity index (χ4n) is 2.55. The molecule has 20 heavy (non-hydrogen) atoms. The fourth-order valence-corrected chi connectivity index (χ4v) is 3.41. The molecule has 0 aromatic heterocycles. The van der Waals surface area contributed by atoms with E-state index in [-0.39, 0.29) is 5.91 Å². The molecule has 1 fully saturated rings. The van der Waals surface area contributed by atoms with Crippen molar-refractivity contribution >= 4 is 23.6 Å². The highest BCUT2D eigenvalue weighted by Gasteiger charge is 2.25. The third kappa shape index (κ3) is 5.71. The van der Waals surface area contributed by atoms with Crippen LogP contribution in [0.15, 0.2) is 0 Å². The highest BCUT2D eigenvalue weighted by atomic mass is 32.2. The quantitative estimate of drug-likeness (QED) is 0.744. The molecule has 0 aromatic rings. The molecule has 6 heteroatoms. The number of hydrogen-bond donors (Lipinski definition) is 1. The Labute approximate surface area is 125 Å². The van der Waals surface area contributed by atoms with Crippen LogP contribution < -0.4 is 5.73 Å². The summed E-state index contributed by atoms with van der Waals surface area (Å²) in [6.45, 7) is 8.13. The van der Waals surface area contributed by atoms with Gasteiger partial charge in [-0.3, -0.25) is 9.59 Å². The number of hydrogen-bond acceptors (Lipinski definition) is 5. The summed E-state index contributed by atoms with van der Waals surface area (Å²) >= 11 is 1.40. The van der Waals surface area contributed by atoms with E-state index in [1.54, 1.807) is 6.92 Å². The van der Waals surface area contributed by atoms with Crippen LogP contribution in [0.3, 0.4) is 0 Å². The van der Waals surface area contributed by atoms with Gasteiger partial charge in [0.25, 0.3) is 0 Å². The molecule has 0 bridgehead atoms. The monoisotopic (exact) mass is 302 g/mol. The number of likely N-dealkylation sites (tertiary alicyclic amines) is 1. The largest absolute Gasteiger partial charge is 0.465 e. The van der Waals surface area contributed by atoms with Crippen molar-refractivity contribution in [1.29, 1.82) is 0 Å². The van der Waals surface area contributed by atoms with Crippen molar-refractivity contribution in [3.8, 4) is 0 Å². The molecule has 1 amide bonds. The second-order valence-electron chi connectivity index (χ2n) is 5.62. The van der Waals surface area contributed by atoms with Gasteiger partial charge in [0.05, 0.1) is 12.4 Å². The van der Waals surface area contributed by atoms with Gasteiger partial charge in [0, 0.05) is 18.8 Å². The molecule has 3 atom stereocenters. The Balaban J connectivity index is 2.27. The molecule has 3 unspecified atom stereocenters. The number of ether oxygens (including phenoxy) is 1. The third-order valence-corrected chi connectivity index (χ3v) is 4.38. The molecular weight excluding hydrogens is 276 g/mol. The smallest absolute Gasteiger partial charge is 0.323 e. The summed E-state index contributed by atoms with van der Waals surface area (Å²) in [5.74, 6) is 1.68. The topological polar surface area (TPSA) is 72.6 Å². The van der Waals surface area contributed by atoms with E-state index in [4.69, 9.17) is 10.5 Å². The highest BCUT2D eigenvalue weighted by molar-refractivity contribution is 8.00. The Morgan fingerprint density at radius 3 is 2.50 bits per heavy atom. The maximum absolute atomic E-state index is 12.1. The summed E-state index contributed by atoms with van der Waals surface area (Å²) < 4.78 is 4.83. The minimum atomic E-state index is -0.646. The van der Waals surface area contributed by atoms with E-state index in [1.807, 2.05) is 4.90 Å². The van der Waals surface area contributed by atoms with E-state index in [2.05, 4.69) is 13.8 Å². The molecule has 0 aromatic carbocycles. The van der Waals surface area contributed by atoms with Gasteiger partial charge in [-0.2, -0.15) is 0 Å². The number of piperidine rings is 1. The van der Waals surface area contributed by atoms with E-state index in [9.17, 15) is 9.59 Å². The van der Waals surface area contributed by atoms with Crippen molar-refractivity contribution in [2.24, 2.45) is 17.6 Å². The van der Waals surface area contributed by atoms with Crippen LogP contribution in [0, 0.1) is 11.8 Å². The predicted molar refractivity (Wildman–Crippen MR) is 81.5 cm³/mol. The zero-order valence-electron chi connectivity index (χ0n) is 12.6. The second-order valence-corrected chi connectivity index (χ2v) is 6.65. The van der Waals surface area contributed by atoms with E-state index in [0.717, 1.165) is 13.1 Å². The number of nitrogens with two attached hydrogens (primary N) is 1. The molecule has 0 aliphatic carbocycles. The first-order valence-corrected chi connectivity index (χ1v) is 8.37. The number of nitrogens with zero attached hydrogens (tertiary/aromatic N) is 1. The molecule has 2 N–H and O–H groups in total. The Kier molecular flexibility index (Phi) is 7.37. The van der Waals surface area contributed by atoms with Crippen LogP contribution in [0.5, 0.6) is 0 Å². The van der Waals surface area contributed by atoms with E-state index >= 15 is 0 Å². The molecule has 0 radical (unpaired) electrons. The summed E-state index contributed by atoms with van der Waals surface area (Å²) in [6, 6.07) is -0.646. The molecule has 0 spiro atoms. The average Bonchev–Trinajstić information content (AvgIpc) is 2.37. The van der Waals surface area contributed by atoms with Crippen molar-refractivity contribution in [2.75, 3.05) is 31.2 Å². The maximum Gasteiger partial charge on any atom is 0.323 e. The van der Waals surface area contributed by atoms with Gasteiger partial charge < -0.3 is 15.4 Å². The summed E-state index contributed by atoms with van der Waals surface area (Å²) in [5.41, 5.74) is 5.69. The molecule has 1 aliphatic heterocycles.